The molecule has 0 spiro atoms. The summed E-state index contributed by atoms with van der Waals surface area (Å²) in [5, 5.41) is 3.45. The zero-order chi connectivity index (χ0) is 13.4. The summed E-state index contributed by atoms with van der Waals surface area (Å²) >= 11 is 1.92. The number of likely N-dealkylation sites (N-methyl/N-ethyl adjacent to an activating group) is 1. The van der Waals surface area contributed by atoms with Crippen molar-refractivity contribution in [1.82, 2.24) is 10.2 Å². The molecule has 1 heterocycles. The van der Waals surface area contributed by atoms with Gasteiger partial charge in [0.2, 0.25) is 0 Å². The van der Waals surface area contributed by atoms with Crippen molar-refractivity contribution >= 4 is 11.8 Å². The Bertz CT molecular complexity index is 303. The minimum atomic E-state index is 0.539. The minimum Gasteiger partial charge on any atom is -0.468 e. The van der Waals surface area contributed by atoms with E-state index in [1.165, 1.54) is 12.2 Å². The van der Waals surface area contributed by atoms with E-state index in [-0.39, 0.29) is 0 Å². The Hall–Kier alpha value is -0.450. The lowest BCUT2D eigenvalue weighted by atomic mass is 10.2. The highest BCUT2D eigenvalue weighted by atomic mass is 32.2. The van der Waals surface area contributed by atoms with Crippen molar-refractivity contribution in [2.24, 2.45) is 0 Å². The Morgan fingerprint density at radius 3 is 2.83 bits per heavy atom. The van der Waals surface area contributed by atoms with Gasteiger partial charge in [-0.05, 0) is 38.8 Å². The lowest BCUT2D eigenvalue weighted by Gasteiger charge is -2.32. The maximum atomic E-state index is 5.30. The molecule has 0 saturated heterocycles. The Labute approximate surface area is 115 Å². The van der Waals surface area contributed by atoms with Crippen molar-refractivity contribution in [3.63, 3.8) is 0 Å². The Kier molecular flexibility index (Phi) is 7.47. The average Bonchev–Trinajstić information content (AvgIpc) is 2.88. The summed E-state index contributed by atoms with van der Waals surface area (Å²) in [6.45, 7) is 6.34. The van der Waals surface area contributed by atoms with Crippen LogP contribution in [0.4, 0.5) is 0 Å². The Balaban J connectivity index is 2.27. The quantitative estimate of drug-likeness (QED) is 0.747. The van der Waals surface area contributed by atoms with Crippen LogP contribution >= 0.6 is 11.8 Å². The van der Waals surface area contributed by atoms with Gasteiger partial charge in [0.25, 0.3) is 0 Å². The maximum absolute atomic E-state index is 5.30. The maximum Gasteiger partial charge on any atom is 0.117 e. The second-order valence-electron chi connectivity index (χ2n) is 4.74. The van der Waals surface area contributed by atoms with Gasteiger partial charge >= 0.3 is 0 Å². The molecule has 0 aliphatic heterocycles. The van der Waals surface area contributed by atoms with Gasteiger partial charge in [-0.1, -0.05) is 6.92 Å². The van der Waals surface area contributed by atoms with E-state index in [2.05, 4.69) is 37.4 Å². The number of thioether (sulfide) groups is 1. The summed E-state index contributed by atoms with van der Waals surface area (Å²) in [7, 11) is 2.23. The van der Waals surface area contributed by atoms with E-state index >= 15 is 0 Å². The first-order valence-electron chi connectivity index (χ1n) is 6.63. The van der Waals surface area contributed by atoms with Crippen LogP contribution in [0.25, 0.3) is 0 Å². The first-order chi connectivity index (χ1) is 8.69. The van der Waals surface area contributed by atoms with Crippen LogP contribution in [0.3, 0.4) is 0 Å². The molecule has 0 saturated carbocycles. The first kappa shape index (κ1) is 15.6. The molecule has 1 rings (SSSR count). The Morgan fingerprint density at radius 2 is 2.28 bits per heavy atom. The fourth-order valence-corrected chi connectivity index (χ4v) is 2.89. The highest BCUT2D eigenvalue weighted by Crippen LogP contribution is 2.11. The van der Waals surface area contributed by atoms with E-state index in [1.54, 1.807) is 6.26 Å². The van der Waals surface area contributed by atoms with Gasteiger partial charge in [0.1, 0.15) is 5.76 Å². The van der Waals surface area contributed by atoms with Crippen LogP contribution in [0.1, 0.15) is 26.0 Å². The van der Waals surface area contributed by atoms with Crippen LogP contribution in [-0.2, 0) is 6.54 Å². The highest BCUT2D eigenvalue weighted by Gasteiger charge is 2.17. The van der Waals surface area contributed by atoms with Gasteiger partial charge < -0.3 is 9.73 Å². The number of nitrogens with one attached hydrogen (secondary N) is 1. The minimum absolute atomic E-state index is 0.539. The zero-order valence-corrected chi connectivity index (χ0v) is 12.8. The molecule has 0 aliphatic rings. The average molecular weight is 270 g/mol. The van der Waals surface area contributed by atoms with Crippen molar-refractivity contribution in [1.29, 1.82) is 0 Å². The Morgan fingerprint density at radius 1 is 1.50 bits per heavy atom. The number of nitrogens with zero attached hydrogens (tertiary/aromatic N) is 1. The third-order valence-corrected chi connectivity index (χ3v) is 4.14. The van der Waals surface area contributed by atoms with Crippen molar-refractivity contribution in [2.75, 3.05) is 25.6 Å². The first-order valence-corrected chi connectivity index (χ1v) is 8.02. The van der Waals surface area contributed by atoms with Crippen LogP contribution < -0.4 is 5.32 Å². The largest absolute Gasteiger partial charge is 0.468 e. The van der Waals surface area contributed by atoms with Crippen molar-refractivity contribution in [2.45, 2.75) is 38.9 Å². The summed E-state index contributed by atoms with van der Waals surface area (Å²) in [4.78, 5) is 2.48. The van der Waals surface area contributed by atoms with Crippen LogP contribution in [0.15, 0.2) is 22.8 Å². The van der Waals surface area contributed by atoms with Crippen LogP contribution in [0.5, 0.6) is 0 Å². The van der Waals surface area contributed by atoms with E-state index in [0.29, 0.717) is 12.1 Å². The molecule has 1 aromatic heterocycles. The molecule has 0 bridgehead atoms. The summed E-state index contributed by atoms with van der Waals surface area (Å²) in [6.07, 6.45) is 5.11. The summed E-state index contributed by atoms with van der Waals surface area (Å²) < 4.78 is 5.30. The second kappa shape index (κ2) is 8.62. The van der Waals surface area contributed by atoms with Gasteiger partial charge in [-0.25, -0.2) is 0 Å². The SMILES string of the molecule is CCC(CSC)N(C)C(C)CNCc1ccco1. The normalized spacial score (nSPS) is 14.9. The molecular weight excluding hydrogens is 244 g/mol. The predicted molar refractivity (Wildman–Crippen MR) is 80.1 cm³/mol. The fourth-order valence-electron chi connectivity index (χ4n) is 2.04. The van der Waals surface area contributed by atoms with E-state index in [0.717, 1.165) is 18.8 Å². The van der Waals surface area contributed by atoms with E-state index in [1.807, 2.05) is 23.9 Å². The zero-order valence-electron chi connectivity index (χ0n) is 12.0. The molecule has 1 N–H and O–H groups in total. The molecule has 0 aromatic carbocycles. The molecule has 1 aromatic rings. The molecule has 0 amide bonds. The summed E-state index contributed by atoms with van der Waals surface area (Å²) in [5.41, 5.74) is 0. The van der Waals surface area contributed by atoms with Crippen molar-refractivity contribution < 1.29 is 4.42 Å². The monoisotopic (exact) mass is 270 g/mol. The molecular formula is C14H26N2OS. The summed E-state index contributed by atoms with van der Waals surface area (Å²) in [6, 6.07) is 5.14. The molecule has 0 aliphatic carbocycles. The molecule has 3 nitrogen and oxygen atoms in total. The molecule has 0 radical (unpaired) electrons. The van der Waals surface area contributed by atoms with Crippen LogP contribution in [-0.4, -0.2) is 42.6 Å². The molecule has 4 heteroatoms. The van der Waals surface area contributed by atoms with Gasteiger partial charge in [0, 0.05) is 24.4 Å². The second-order valence-corrected chi connectivity index (χ2v) is 5.65. The van der Waals surface area contributed by atoms with Crippen molar-refractivity contribution in [3.8, 4) is 0 Å². The predicted octanol–water partition coefficient (Wildman–Crippen LogP) is 2.83. The lowest BCUT2D eigenvalue weighted by molar-refractivity contribution is 0.190. The molecule has 0 fully saturated rings. The fraction of sp³-hybridized carbons (Fsp3) is 0.714. The third-order valence-electron chi connectivity index (χ3n) is 3.42. The molecule has 18 heavy (non-hydrogen) atoms. The number of hydrogen-bond acceptors (Lipinski definition) is 4. The van der Waals surface area contributed by atoms with Gasteiger partial charge in [-0.3, -0.25) is 4.90 Å². The topological polar surface area (TPSA) is 28.4 Å². The lowest BCUT2D eigenvalue weighted by Crippen LogP contribution is -2.44. The van der Waals surface area contributed by atoms with Crippen molar-refractivity contribution in [3.05, 3.63) is 24.2 Å². The van der Waals surface area contributed by atoms with Gasteiger partial charge in [0.15, 0.2) is 0 Å². The number of rotatable bonds is 9. The van der Waals surface area contributed by atoms with Gasteiger partial charge in [0.05, 0.1) is 12.8 Å². The molecule has 2 atom stereocenters. The van der Waals surface area contributed by atoms with Gasteiger partial charge in [-0.2, -0.15) is 11.8 Å². The number of hydrogen-bond donors (Lipinski definition) is 1. The van der Waals surface area contributed by atoms with E-state index < -0.39 is 0 Å². The highest BCUT2D eigenvalue weighted by molar-refractivity contribution is 7.98. The standard InChI is InChI=1S/C14H26N2OS/c1-5-13(11-18-4)16(3)12(2)9-15-10-14-7-6-8-17-14/h6-8,12-13,15H,5,9-11H2,1-4H3. The van der Waals surface area contributed by atoms with Crippen LogP contribution in [0, 0.1) is 0 Å². The van der Waals surface area contributed by atoms with Gasteiger partial charge in [-0.15, -0.1) is 0 Å². The van der Waals surface area contributed by atoms with E-state index in [4.69, 9.17) is 4.42 Å². The summed E-state index contributed by atoms with van der Waals surface area (Å²) in [5.74, 6) is 2.20. The molecule has 104 valence electrons. The van der Waals surface area contributed by atoms with E-state index in [9.17, 15) is 0 Å². The van der Waals surface area contributed by atoms with Crippen LogP contribution in [0.2, 0.25) is 0 Å². The third kappa shape index (κ3) is 5.04. The number of furan rings is 1. The smallest absolute Gasteiger partial charge is 0.117 e. The molecule has 2 unspecified atom stereocenters.